The average molecular weight is 526 g/mol. The summed E-state index contributed by atoms with van der Waals surface area (Å²) >= 11 is 0. The molecule has 0 aliphatic heterocycles. The van der Waals surface area contributed by atoms with Crippen molar-refractivity contribution in [3.63, 3.8) is 0 Å². The van der Waals surface area contributed by atoms with Crippen LogP contribution in [0.4, 0.5) is 0 Å². The summed E-state index contributed by atoms with van der Waals surface area (Å²) < 4.78 is 37.3. The van der Waals surface area contributed by atoms with Gasteiger partial charge >= 0.3 is 71.1 Å². The van der Waals surface area contributed by atoms with Crippen LogP contribution in [0.1, 0.15) is 99.7 Å². The molecule has 34 heavy (non-hydrogen) atoms. The number of amides is 1. The summed E-state index contributed by atoms with van der Waals surface area (Å²) in [7, 11) is -4.88. The van der Waals surface area contributed by atoms with Crippen LogP contribution < -0.4 is 64.8 Å². The minimum atomic E-state index is -4.88. The summed E-state index contributed by atoms with van der Waals surface area (Å²) in [5.41, 5.74) is 5.10. The van der Waals surface area contributed by atoms with Crippen LogP contribution in [0.5, 0.6) is 0 Å². The van der Waals surface area contributed by atoms with Gasteiger partial charge in [-0.25, -0.2) is 0 Å². The fourth-order valence-electron chi connectivity index (χ4n) is 3.19. The van der Waals surface area contributed by atoms with Crippen LogP contribution in [0, 0.1) is 0 Å². The topological polar surface area (TPSA) is 161 Å². The fraction of sp³-hybridized carbons (Fsp3) is 0.773. The van der Waals surface area contributed by atoms with Gasteiger partial charge in [-0.15, -0.1) is 0 Å². The van der Waals surface area contributed by atoms with Gasteiger partial charge in [-0.2, -0.15) is 8.42 Å². The van der Waals surface area contributed by atoms with Gasteiger partial charge in [-0.3, -0.25) is 18.9 Å². The second kappa shape index (κ2) is 23.5. The molecule has 0 aromatic carbocycles. The quantitative estimate of drug-likeness (QED) is 0.0540. The van der Waals surface area contributed by atoms with Crippen LogP contribution in [0.2, 0.25) is 0 Å². The Kier molecular flexibility index (Phi) is 26.6. The molecule has 0 aromatic rings. The van der Waals surface area contributed by atoms with E-state index in [-0.39, 0.29) is 67.9 Å². The molecule has 9 nitrogen and oxygen atoms in total. The Hall–Kier alpha value is 0.0600. The Labute approximate surface area is 251 Å². The van der Waals surface area contributed by atoms with Crippen LogP contribution in [0.15, 0.2) is 12.2 Å². The largest absolute Gasteiger partial charge is 1.00 e. The van der Waals surface area contributed by atoms with Crippen molar-refractivity contribution >= 4 is 28.0 Å². The molecular formula is C22H41NNa2O8S. The molecule has 1 amide bonds. The number of nitrogens with two attached hydrogens (primary N) is 1. The van der Waals surface area contributed by atoms with Gasteiger partial charge in [0.05, 0.1) is 6.42 Å². The van der Waals surface area contributed by atoms with E-state index >= 15 is 0 Å². The maximum Gasteiger partial charge on any atom is 1.00 e. The number of carbonyl (C=O) groups is 3. The number of carboxylic acids is 1. The van der Waals surface area contributed by atoms with E-state index in [1.165, 1.54) is 0 Å². The first kappa shape index (κ1) is 38.6. The van der Waals surface area contributed by atoms with Gasteiger partial charge < -0.3 is 18.4 Å². The van der Waals surface area contributed by atoms with Crippen LogP contribution >= 0.6 is 0 Å². The molecule has 0 saturated carbocycles. The van der Waals surface area contributed by atoms with E-state index in [4.69, 9.17) is 15.6 Å². The predicted molar refractivity (Wildman–Crippen MR) is 124 cm³/mol. The molecule has 0 rings (SSSR count). The number of aliphatic carboxylic acids is 1. The van der Waals surface area contributed by atoms with Gasteiger partial charge in [0.15, 0.2) is 5.25 Å². The van der Waals surface area contributed by atoms with Gasteiger partial charge in [-0.05, 0) is 32.1 Å². The zero-order chi connectivity index (χ0) is 24.4. The average Bonchev–Trinajstić information content (AvgIpc) is 2.69. The molecule has 4 N–H and O–H groups in total. The van der Waals surface area contributed by atoms with Crippen LogP contribution in [0.3, 0.4) is 0 Å². The summed E-state index contributed by atoms with van der Waals surface area (Å²) in [4.78, 5) is 33.8. The van der Waals surface area contributed by atoms with E-state index in [2.05, 4.69) is 6.92 Å². The first-order valence-corrected chi connectivity index (χ1v) is 12.9. The number of hydrogen-bond donors (Lipinski definition) is 3. The van der Waals surface area contributed by atoms with Gasteiger partial charge in [0.25, 0.3) is 10.1 Å². The Morgan fingerprint density at radius 1 is 0.971 bits per heavy atom. The van der Waals surface area contributed by atoms with Crippen LogP contribution in [-0.2, 0) is 29.2 Å². The number of unbranched alkanes of at least 4 members (excludes halogenated alkanes) is 8. The summed E-state index contributed by atoms with van der Waals surface area (Å²) in [6.45, 7) is 2.07. The Bertz CT molecular complexity index is 712. The zero-order valence-electron chi connectivity index (χ0n) is 23.0. The molecule has 0 spiro atoms. The number of allylic oxidation sites excluding steroid dienone is 1. The second-order valence-electron chi connectivity index (χ2n) is 7.99. The molecule has 0 bridgehead atoms. The van der Waals surface area contributed by atoms with Gasteiger partial charge in [0.2, 0.25) is 5.91 Å². The molecule has 0 radical (unpaired) electrons. The number of hydrogen-bond acceptors (Lipinski definition) is 6. The SMILES string of the molecule is CCCCCC[C@H](C/C=C\CCCCCCCC(N)=O)OC(=O)C(CC(=O)O)S(=O)(=O)O.[H-].[H-].[Na+].[Na+]. The zero-order valence-corrected chi connectivity index (χ0v) is 25.9. The van der Waals surface area contributed by atoms with Crippen molar-refractivity contribution in [2.24, 2.45) is 5.73 Å². The predicted octanol–water partition coefficient (Wildman–Crippen LogP) is -2.00. The normalized spacial score (nSPS) is 12.9. The molecule has 12 heteroatoms. The van der Waals surface area contributed by atoms with E-state index in [1.54, 1.807) is 0 Å². The van der Waals surface area contributed by atoms with Crippen molar-refractivity contribution < 1.29 is 99.2 Å². The Morgan fingerprint density at radius 2 is 1.56 bits per heavy atom. The summed E-state index contributed by atoms with van der Waals surface area (Å²) in [6, 6.07) is 0. The molecule has 2 atom stereocenters. The Morgan fingerprint density at radius 3 is 2.12 bits per heavy atom. The number of carboxylic acid groups (broad SMARTS) is 1. The maximum atomic E-state index is 12.2. The number of ether oxygens (including phenoxy) is 1. The van der Waals surface area contributed by atoms with Crippen molar-refractivity contribution in [3.05, 3.63) is 12.2 Å². The summed E-state index contributed by atoms with van der Waals surface area (Å²) in [5, 5.41) is 6.70. The first-order chi connectivity index (χ1) is 15.1. The molecule has 190 valence electrons. The summed E-state index contributed by atoms with van der Waals surface area (Å²) in [6.07, 6.45) is 13.0. The Balaban J connectivity index is -0.000000801. The van der Waals surface area contributed by atoms with Gasteiger partial charge in [0, 0.05) is 12.8 Å². The molecule has 1 unspecified atom stereocenters. The monoisotopic (exact) mass is 525 g/mol. The van der Waals surface area contributed by atoms with Gasteiger partial charge in [0.1, 0.15) is 6.10 Å². The van der Waals surface area contributed by atoms with E-state index < -0.39 is 39.8 Å². The van der Waals surface area contributed by atoms with Crippen LogP contribution in [0.25, 0.3) is 0 Å². The molecule has 0 fully saturated rings. The molecule has 0 aromatic heterocycles. The smallest absolute Gasteiger partial charge is 1.00 e. The van der Waals surface area contributed by atoms with Gasteiger partial charge in [-0.1, -0.05) is 57.6 Å². The number of esters is 1. The fourth-order valence-corrected chi connectivity index (χ4v) is 3.84. The first-order valence-electron chi connectivity index (χ1n) is 11.4. The third kappa shape index (κ3) is 22.5. The second-order valence-corrected chi connectivity index (χ2v) is 9.59. The molecule has 0 aliphatic rings. The van der Waals surface area contributed by atoms with E-state index in [0.717, 1.165) is 64.2 Å². The van der Waals surface area contributed by atoms with E-state index in [0.29, 0.717) is 19.3 Å². The van der Waals surface area contributed by atoms with Crippen molar-refractivity contribution in [2.45, 2.75) is 108 Å². The number of carbonyl (C=O) groups excluding carboxylic acids is 2. The van der Waals surface area contributed by atoms with E-state index in [1.807, 2.05) is 12.2 Å². The molecule has 0 heterocycles. The van der Waals surface area contributed by atoms with Crippen molar-refractivity contribution in [2.75, 3.05) is 0 Å². The standard InChI is InChI=1S/C22H39NO8S.2Na.2H/c1-2-3-4-11-14-18(31-22(27)19(17-21(25)26)32(28,29)30)15-12-9-7-5-6-8-10-13-16-20(23)24;;;;/h9,12,18-19H,2-8,10-11,13-17H2,1H3,(H2,23,24)(H,25,26)(H,28,29,30);;;;/q;2*+1;2*-1/b12-9-;;;;/t18-,19?;;;;/m1..../s1. The molecule has 0 saturated heterocycles. The molecule has 0 aliphatic carbocycles. The third-order valence-corrected chi connectivity index (χ3v) is 6.08. The third-order valence-electron chi connectivity index (χ3n) is 5.00. The minimum absolute atomic E-state index is 0. The summed E-state index contributed by atoms with van der Waals surface area (Å²) in [5.74, 6) is -3.03. The number of primary amides is 1. The van der Waals surface area contributed by atoms with Crippen LogP contribution in [-0.4, -0.2) is 47.3 Å². The number of rotatable bonds is 20. The van der Waals surface area contributed by atoms with Crippen molar-refractivity contribution in [3.8, 4) is 0 Å². The molecular weight excluding hydrogens is 484 g/mol. The maximum absolute atomic E-state index is 12.2. The van der Waals surface area contributed by atoms with Crippen molar-refractivity contribution in [1.29, 1.82) is 0 Å². The van der Waals surface area contributed by atoms with Crippen molar-refractivity contribution in [1.82, 2.24) is 0 Å². The minimum Gasteiger partial charge on any atom is -1.00 e. The van der Waals surface area contributed by atoms with E-state index in [9.17, 15) is 27.4 Å².